The summed E-state index contributed by atoms with van der Waals surface area (Å²) in [7, 11) is -2.82. The SMILES string of the molecule is CCCC1CCC(NCC)C(CCS(C)(=O)=O)C1. The van der Waals surface area contributed by atoms with Gasteiger partial charge in [0.2, 0.25) is 0 Å². The third kappa shape index (κ3) is 5.70. The molecule has 1 aliphatic rings. The van der Waals surface area contributed by atoms with Gasteiger partial charge in [-0.1, -0.05) is 26.7 Å². The summed E-state index contributed by atoms with van der Waals surface area (Å²) in [6, 6.07) is 0.532. The van der Waals surface area contributed by atoms with Crippen molar-refractivity contribution in [2.45, 2.75) is 58.4 Å². The van der Waals surface area contributed by atoms with Crippen molar-refractivity contribution in [2.75, 3.05) is 18.6 Å². The minimum absolute atomic E-state index is 0.346. The van der Waals surface area contributed by atoms with Crippen LogP contribution in [0.4, 0.5) is 0 Å². The average Bonchev–Trinajstić information content (AvgIpc) is 2.29. The van der Waals surface area contributed by atoms with Gasteiger partial charge < -0.3 is 5.32 Å². The molecule has 0 bridgehead atoms. The molecule has 0 aromatic heterocycles. The highest BCUT2D eigenvalue weighted by Gasteiger charge is 2.29. The van der Waals surface area contributed by atoms with Gasteiger partial charge in [0.25, 0.3) is 0 Å². The highest BCUT2D eigenvalue weighted by Crippen LogP contribution is 2.34. The van der Waals surface area contributed by atoms with Gasteiger partial charge in [0, 0.05) is 12.3 Å². The van der Waals surface area contributed by atoms with Crippen LogP contribution in [0.5, 0.6) is 0 Å². The van der Waals surface area contributed by atoms with Crippen LogP contribution in [0.2, 0.25) is 0 Å². The fourth-order valence-corrected chi connectivity index (χ4v) is 3.98. The van der Waals surface area contributed by atoms with E-state index in [2.05, 4.69) is 19.2 Å². The molecule has 1 rings (SSSR count). The first-order valence-corrected chi connectivity index (χ1v) is 9.43. The third-order valence-electron chi connectivity index (χ3n) is 4.11. The largest absolute Gasteiger partial charge is 0.314 e. The van der Waals surface area contributed by atoms with E-state index >= 15 is 0 Å². The highest BCUT2D eigenvalue weighted by molar-refractivity contribution is 7.90. The van der Waals surface area contributed by atoms with Crippen LogP contribution < -0.4 is 5.32 Å². The van der Waals surface area contributed by atoms with E-state index in [1.54, 1.807) is 0 Å². The maximum atomic E-state index is 11.3. The number of sulfone groups is 1. The fraction of sp³-hybridized carbons (Fsp3) is 1.00. The van der Waals surface area contributed by atoms with Crippen molar-refractivity contribution in [1.29, 1.82) is 0 Å². The molecule has 3 atom stereocenters. The number of hydrogen-bond acceptors (Lipinski definition) is 3. The summed E-state index contributed by atoms with van der Waals surface area (Å²) in [4.78, 5) is 0. The molecule has 1 aliphatic carbocycles. The van der Waals surface area contributed by atoms with Gasteiger partial charge in [0.15, 0.2) is 0 Å². The predicted molar refractivity (Wildman–Crippen MR) is 77.5 cm³/mol. The zero-order chi connectivity index (χ0) is 13.6. The van der Waals surface area contributed by atoms with E-state index < -0.39 is 9.84 Å². The molecule has 1 N–H and O–H groups in total. The maximum absolute atomic E-state index is 11.3. The minimum atomic E-state index is -2.82. The number of nitrogens with one attached hydrogen (secondary N) is 1. The Morgan fingerprint density at radius 2 is 1.89 bits per heavy atom. The van der Waals surface area contributed by atoms with Crippen LogP contribution in [0.15, 0.2) is 0 Å². The molecule has 0 amide bonds. The Labute approximate surface area is 113 Å². The molecule has 1 fully saturated rings. The topological polar surface area (TPSA) is 46.2 Å². The van der Waals surface area contributed by atoms with E-state index in [-0.39, 0.29) is 0 Å². The van der Waals surface area contributed by atoms with Crippen molar-refractivity contribution < 1.29 is 8.42 Å². The molecule has 18 heavy (non-hydrogen) atoms. The Balaban J connectivity index is 2.54. The Kier molecular flexibility index (Phi) is 6.64. The lowest BCUT2D eigenvalue weighted by molar-refractivity contribution is 0.192. The monoisotopic (exact) mass is 275 g/mol. The molecule has 0 aromatic rings. The van der Waals surface area contributed by atoms with E-state index in [1.165, 1.54) is 38.4 Å². The normalized spacial score (nSPS) is 29.4. The first-order chi connectivity index (χ1) is 8.46. The second-order valence-electron chi connectivity index (χ2n) is 5.81. The standard InChI is InChI=1S/C14H29NO2S/c1-4-6-12-7-8-14(15-5-2)13(11-12)9-10-18(3,16)17/h12-15H,4-11H2,1-3H3. The summed E-state index contributed by atoms with van der Waals surface area (Å²) in [5.74, 6) is 1.71. The lowest BCUT2D eigenvalue weighted by atomic mass is 9.75. The Bertz CT molecular complexity index is 327. The van der Waals surface area contributed by atoms with E-state index in [0.29, 0.717) is 17.7 Å². The molecule has 0 radical (unpaired) electrons. The van der Waals surface area contributed by atoms with Crippen molar-refractivity contribution in [3.8, 4) is 0 Å². The van der Waals surface area contributed by atoms with Gasteiger partial charge in [-0.05, 0) is 44.1 Å². The van der Waals surface area contributed by atoms with Crippen LogP contribution >= 0.6 is 0 Å². The summed E-state index contributed by atoms with van der Waals surface area (Å²) in [6.07, 6.45) is 8.46. The maximum Gasteiger partial charge on any atom is 0.147 e. The van der Waals surface area contributed by atoms with Crippen LogP contribution in [-0.2, 0) is 9.84 Å². The second-order valence-corrected chi connectivity index (χ2v) is 8.07. The minimum Gasteiger partial charge on any atom is -0.314 e. The van der Waals surface area contributed by atoms with Gasteiger partial charge in [0.05, 0.1) is 5.75 Å². The Morgan fingerprint density at radius 3 is 2.44 bits per heavy atom. The molecule has 3 unspecified atom stereocenters. The Morgan fingerprint density at radius 1 is 1.17 bits per heavy atom. The lowest BCUT2D eigenvalue weighted by Crippen LogP contribution is -2.41. The van der Waals surface area contributed by atoms with Crippen LogP contribution in [-0.4, -0.2) is 33.0 Å². The second kappa shape index (κ2) is 7.49. The predicted octanol–water partition coefficient (Wildman–Crippen LogP) is 2.62. The molecule has 0 aromatic carbocycles. The first-order valence-electron chi connectivity index (χ1n) is 7.37. The van der Waals surface area contributed by atoms with Crippen LogP contribution in [0.1, 0.15) is 52.4 Å². The lowest BCUT2D eigenvalue weighted by Gasteiger charge is -2.36. The van der Waals surface area contributed by atoms with Crippen LogP contribution in [0, 0.1) is 11.8 Å². The van der Waals surface area contributed by atoms with Gasteiger partial charge in [-0.2, -0.15) is 0 Å². The zero-order valence-corrected chi connectivity index (χ0v) is 12.9. The molecule has 0 heterocycles. The van der Waals surface area contributed by atoms with E-state index in [4.69, 9.17) is 0 Å². The van der Waals surface area contributed by atoms with Crippen LogP contribution in [0.3, 0.4) is 0 Å². The van der Waals surface area contributed by atoms with Gasteiger partial charge in [-0.15, -0.1) is 0 Å². The van der Waals surface area contributed by atoms with Gasteiger partial charge in [-0.3, -0.25) is 0 Å². The summed E-state index contributed by atoms with van der Waals surface area (Å²) in [5.41, 5.74) is 0. The Hall–Kier alpha value is -0.0900. The molecule has 0 aliphatic heterocycles. The molecule has 1 saturated carbocycles. The van der Waals surface area contributed by atoms with Gasteiger partial charge in [0.1, 0.15) is 9.84 Å². The summed E-state index contributed by atoms with van der Waals surface area (Å²) in [5, 5.41) is 3.54. The third-order valence-corrected chi connectivity index (χ3v) is 5.09. The first kappa shape index (κ1) is 16.0. The van der Waals surface area contributed by atoms with Crippen molar-refractivity contribution >= 4 is 9.84 Å². The van der Waals surface area contributed by atoms with E-state index in [1.807, 2.05) is 0 Å². The van der Waals surface area contributed by atoms with Crippen molar-refractivity contribution in [1.82, 2.24) is 5.32 Å². The molecule has 108 valence electrons. The fourth-order valence-electron chi connectivity index (χ4n) is 3.25. The molecular weight excluding hydrogens is 246 g/mol. The molecule has 0 saturated heterocycles. The highest BCUT2D eigenvalue weighted by atomic mass is 32.2. The smallest absolute Gasteiger partial charge is 0.147 e. The van der Waals surface area contributed by atoms with Crippen molar-refractivity contribution in [3.05, 3.63) is 0 Å². The average molecular weight is 275 g/mol. The van der Waals surface area contributed by atoms with Crippen molar-refractivity contribution in [3.63, 3.8) is 0 Å². The zero-order valence-electron chi connectivity index (χ0n) is 12.1. The molecular formula is C14H29NO2S. The quantitative estimate of drug-likeness (QED) is 0.777. The molecule has 0 spiro atoms. The van der Waals surface area contributed by atoms with Gasteiger partial charge >= 0.3 is 0 Å². The molecule has 4 heteroatoms. The number of rotatable bonds is 7. The summed E-state index contributed by atoms with van der Waals surface area (Å²) >= 11 is 0. The van der Waals surface area contributed by atoms with E-state index in [0.717, 1.165) is 18.9 Å². The molecule has 3 nitrogen and oxygen atoms in total. The van der Waals surface area contributed by atoms with Crippen LogP contribution in [0.25, 0.3) is 0 Å². The summed E-state index contributed by atoms with van der Waals surface area (Å²) in [6.45, 7) is 5.35. The van der Waals surface area contributed by atoms with Crippen molar-refractivity contribution in [2.24, 2.45) is 11.8 Å². The van der Waals surface area contributed by atoms with Gasteiger partial charge in [-0.25, -0.2) is 8.42 Å². The summed E-state index contributed by atoms with van der Waals surface area (Å²) < 4.78 is 22.7. The van der Waals surface area contributed by atoms with E-state index in [9.17, 15) is 8.42 Å². The number of hydrogen-bond donors (Lipinski definition) is 1.